The van der Waals surface area contributed by atoms with Gasteiger partial charge in [0.25, 0.3) is 0 Å². The Hall–Kier alpha value is -2.60. The maximum Gasteiger partial charge on any atom is 0.191 e. The molecule has 0 amide bonds. The third-order valence-corrected chi connectivity index (χ3v) is 4.46. The van der Waals surface area contributed by atoms with E-state index < -0.39 is 0 Å². The van der Waals surface area contributed by atoms with Crippen molar-refractivity contribution in [3.63, 3.8) is 0 Å². The lowest BCUT2D eigenvalue weighted by Gasteiger charge is -2.12. The van der Waals surface area contributed by atoms with Crippen LogP contribution in [0.3, 0.4) is 0 Å². The Kier molecular flexibility index (Phi) is 6.23. The van der Waals surface area contributed by atoms with E-state index in [1.807, 2.05) is 18.2 Å². The van der Waals surface area contributed by atoms with Gasteiger partial charge in [0.15, 0.2) is 5.96 Å². The van der Waals surface area contributed by atoms with Crippen LogP contribution in [-0.4, -0.2) is 12.5 Å². The van der Waals surface area contributed by atoms with Crippen LogP contribution < -0.4 is 10.6 Å². The lowest BCUT2D eigenvalue weighted by Crippen LogP contribution is -2.37. The van der Waals surface area contributed by atoms with E-state index in [-0.39, 0.29) is 5.82 Å². The van der Waals surface area contributed by atoms with Gasteiger partial charge in [0, 0.05) is 17.8 Å². The first-order valence-electron chi connectivity index (χ1n) is 8.11. The predicted octanol–water partition coefficient (Wildman–Crippen LogP) is 3.96. The van der Waals surface area contributed by atoms with Crippen molar-refractivity contribution in [1.29, 1.82) is 0 Å². The van der Waals surface area contributed by atoms with E-state index in [1.54, 1.807) is 29.7 Å². The van der Waals surface area contributed by atoms with Crippen LogP contribution in [0.1, 0.15) is 16.2 Å². The maximum absolute atomic E-state index is 13.0. The Balaban J connectivity index is 1.57. The molecule has 25 heavy (non-hydrogen) atoms. The van der Waals surface area contributed by atoms with E-state index in [4.69, 9.17) is 4.42 Å². The quantitative estimate of drug-likeness (QED) is 0.497. The summed E-state index contributed by atoms with van der Waals surface area (Å²) in [6.45, 7) is 1.92. The van der Waals surface area contributed by atoms with Crippen LogP contribution in [-0.2, 0) is 19.5 Å². The van der Waals surface area contributed by atoms with Crippen LogP contribution in [0, 0.1) is 5.82 Å². The van der Waals surface area contributed by atoms with Crippen molar-refractivity contribution in [3.05, 3.63) is 82.2 Å². The van der Waals surface area contributed by atoms with Gasteiger partial charge in [-0.15, -0.1) is 11.3 Å². The second-order valence-electron chi connectivity index (χ2n) is 5.48. The number of thiophene rings is 1. The zero-order valence-electron chi connectivity index (χ0n) is 13.7. The summed E-state index contributed by atoms with van der Waals surface area (Å²) in [6.07, 6.45) is 2.46. The van der Waals surface area contributed by atoms with Crippen LogP contribution in [0.5, 0.6) is 0 Å². The highest BCUT2D eigenvalue weighted by Gasteiger charge is 2.02. The van der Waals surface area contributed by atoms with E-state index in [1.165, 1.54) is 17.0 Å². The molecule has 0 spiro atoms. The summed E-state index contributed by atoms with van der Waals surface area (Å²) in [5.74, 6) is 1.42. The first-order chi connectivity index (χ1) is 12.3. The van der Waals surface area contributed by atoms with E-state index in [9.17, 15) is 4.39 Å². The molecule has 130 valence electrons. The highest BCUT2D eigenvalue weighted by Crippen LogP contribution is 2.08. The van der Waals surface area contributed by atoms with E-state index >= 15 is 0 Å². The topological polar surface area (TPSA) is 49.6 Å². The number of nitrogens with zero attached hydrogens (tertiary/aromatic N) is 1. The minimum atomic E-state index is -0.236. The maximum atomic E-state index is 13.0. The molecule has 0 saturated heterocycles. The van der Waals surface area contributed by atoms with Crippen LogP contribution in [0.2, 0.25) is 0 Å². The number of hydrogen-bond acceptors (Lipinski definition) is 3. The SMILES string of the molecule is Fc1ccc(CN=C(NCCc2ccco2)NCc2cccs2)cc1. The minimum absolute atomic E-state index is 0.236. The molecule has 0 atom stereocenters. The number of furan rings is 1. The molecular formula is C19H20FN3OS. The Bertz CT molecular complexity index is 768. The highest BCUT2D eigenvalue weighted by molar-refractivity contribution is 7.09. The second kappa shape index (κ2) is 9.03. The summed E-state index contributed by atoms with van der Waals surface area (Å²) in [4.78, 5) is 5.83. The fraction of sp³-hybridized carbons (Fsp3) is 0.211. The standard InChI is InChI=1S/C19H20FN3OS/c20-16-7-5-15(6-8-16)13-22-19(23-14-18-4-2-12-25-18)21-10-9-17-3-1-11-24-17/h1-8,11-12H,9-10,13-14H2,(H2,21,22,23). The van der Waals surface area contributed by atoms with Crippen LogP contribution in [0.25, 0.3) is 0 Å². The summed E-state index contributed by atoms with van der Waals surface area (Å²) in [5, 5.41) is 8.69. The molecule has 2 heterocycles. The monoisotopic (exact) mass is 357 g/mol. The molecule has 0 unspecified atom stereocenters. The first kappa shape index (κ1) is 17.2. The van der Waals surface area contributed by atoms with Crippen molar-refractivity contribution in [2.75, 3.05) is 6.54 Å². The van der Waals surface area contributed by atoms with Crippen molar-refractivity contribution in [2.45, 2.75) is 19.5 Å². The van der Waals surface area contributed by atoms with E-state index in [2.05, 4.69) is 27.1 Å². The minimum Gasteiger partial charge on any atom is -0.469 e. The van der Waals surface area contributed by atoms with Crippen LogP contribution in [0.4, 0.5) is 4.39 Å². The molecule has 0 bridgehead atoms. The van der Waals surface area contributed by atoms with Crippen molar-refractivity contribution < 1.29 is 8.81 Å². The third-order valence-electron chi connectivity index (χ3n) is 3.59. The molecule has 0 radical (unpaired) electrons. The number of guanidine groups is 1. The van der Waals surface area contributed by atoms with Crippen LogP contribution in [0.15, 0.2) is 69.6 Å². The van der Waals surface area contributed by atoms with Crippen molar-refractivity contribution in [3.8, 4) is 0 Å². The van der Waals surface area contributed by atoms with Gasteiger partial charge in [0.2, 0.25) is 0 Å². The lowest BCUT2D eigenvalue weighted by molar-refractivity contribution is 0.506. The lowest BCUT2D eigenvalue weighted by atomic mass is 10.2. The summed E-state index contributed by atoms with van der Waals surface area (Å²) in [6, 6.07) is 14.3. The average molecular weight is 357 g/mol. The van der Waals surface area contributed by atoms with Crippen molar-refractivity contribution in [2.24, 2.45) is 4.99 Å². The molecule has 3 aromatic rings. The summed E-state index contributed by atoms with van der Waals surface area (Å²) < 4.78 is 18.3. The Morgan fingerprint density at radius 3 is 2.68 bits per heavy atom. The molecule has 0 aliphatic heterocycles. The average Bonchev–Trinajstić information content (AvgIpc) is 3.32. The fourth-order valence-corrected chi connectivity index (χ4v) is 2.92. The van der Waals surface area contributed by atoms with Gasteiger partial charge in [-0.3, -0.25) is 0 Å². The van der Waals surface area contributed by atoms with Gasteiger partial charge in [-0.25, -0.2) is 9.38 Å². The number of benzene rings is 1. The number of hydrogen-bond donors (Lipinski definition) is 2. The van der Waals surface area contributed by atoms with Gasteiger partial charge in [0.05, 0.1) is 19.4 Å². The summed E-state index contributed by atoms with van der Waals surface area (Å²) in [7, 11) is 0. The molecule has 6 heteroatoms. The van der Waals surface area contributed by atoms with Gasteiger partial charge in [-0.2, -0.15) is 0 Å². The number of rotatable bonds is 7. The molecule has 2 aromatic heterocycles. The zero-order chi connectivity index (χ0) is 17.3. The van der Waals surface area contributed by atoms with Crippen LogP contribution >= 0.6 is 11.3 Å². The molecule has 0 aliphatic carbocycles. The Labute approximate surface area is 150 Å². The Morgan fingerprint density at radius 1 is 1.08 bits per heavy atom. The molecule has 0 fully saturated rings. The Morgan fingerprint density at radius 2 is 1.96 bits per heavy atom. The number of halogens is 1. The second-order valence-corrected chi connectivity index (χ2v) is 6.51. The number of aliphatic imine (C=N–C) groups is 1. The first-order valence-corrected chi connectivity index (χ1v) is 8.99. The van der Waals surface area contributed by atoms with E-state index in [0.717, 1.165) is 23.7 Å². The molecule has 0 saturated carbocycles. The normalized spacial score (nSPS) is 11.5. The molecule has 4 nitrogen and oxygen atoms in total. The molecule has 1 aromatic carbocycles. The third kappa shape index (κ3) is 5.76. The van der Waals surface area contributed by atoms with Gasteiger partial charge in [-0.05, 0) is 41.3 Å². The molecule has 3 rings (SSSR count). The van der Waals surface area contributed by atoms with Gasteiger partial charge < -0.3 is 15.1 Å². The largest absolute Gasteiger partial charge is 0.469 e. The molecule has 2 N–H and O–H groups in total. The summed E-state index contributed by atoms with van der Waals surface area (Å²) >= 11 is 1.70. The van der Waals surface area contributed by atoms with Gasteiger partial charge in [0.1, 0.15) is 11.6 Å². The number of nitrogens with one attached hydrogen (secondary N) is 2. The zero-order valence-corrected chi connectivity index (χ0v) is 14.6. The van der Waals surface area contributed by atoms with Gasteiger partial charge in [-0.1, -0.05) is 18.2 Å². The highest BCUT2D eigenvalue weighted by atomic mass is 32.1. The predicted molar refractivity (Wildman–Crippen MR) is 99.1 cm³/mol. The molecular weight excluding hydrogens is 337 g/mol. The van der Waals surface area contributed by atoms with E-state index in [0.29, 0.717) is 19.6 Å². The van der Waals surface area contributed by atoms with Crippen molar-refractivity contribution in [1.82, 2.24) is 10.6 Å². The van der Waals surface area contributed by atoms with Gasteiger partial charge >= 0.3 is 0 Å². The smallest absolute Gasteiger partial charge is 0.191 e. The molecule has 0 aliphatic rings. The summed E-state index contributed by atoms with van der Waals surface area (Å²) in [5.41, 5.74) is 0.963. The fourth-order valence-electron chi connectivity index (χ4n) is 2.28. The van der Waals surface area contributed by atoms with Crippen molar-refractivity contribution >= 4 is 17.3 Å².